The third kappa shape index (κ3) is 3.87. The predicted molar refractivity (Wildman–Crippen MR) is 97.5 cm³/mol. The highest BCUT2D eigenvalue weighted by molar-refractivity contribution is 5.72. The Kier molecular flexibility index (Phi) is 5.12. The summed E-state index contributed by atoms with van der Waals surface area (Å²) in [7, 11) is 1.62. The highest BCUT2D eigenvalue weighted by Crippen LogP contribution is 2.29. The summed E-state index contributed by atoms with van der Waals surface area (Å²) >= 11 is 0. The average Bonchev–Trinajstić information content (AvgIpc) is 2.91. The van der Waals surface area contributed by atoms with E-state index in [0.29, 0.717) is 30.4 Å². The fourth-order valence-electron chi connectivity index (χ4n) is 2.68. The van der Waals surface area contributed by atoms with Crippen LogP contribution in [0.15, 0.2) is 51.7 Å². The number of oxazole rings is 1. The van der Waals surface area contributed by atoms with Gasteiger partial charge in [-0.25, -0.2) is 4.79 Å². The Morgan fingerprint density at radius 1 is 1.12 bits per heavy atom. The lowest BCUT2D eigenvalue weighted by atomic mass is 10.1. The second-order valence-corrected chi connectivity index (χ2v) is 6.44. The second kappa shape index (κ2) is 7.47. The number of para-hydroxylation sites is 2. The van der Waals surface area contributed by atoms with Crippen molar-refractivity contribution in [3.8, 4) is 11.5 Å². The molecule has 0 unspecified atom stereocenters. The number of hydrogen-bond donors (Lipinski definition) is 0. The van der Waals surface area contributed by atoms with Gasteiger partial charge in [-0.1, -0.05) is 32.0 Å². The van der Waals surface area contributed by atoms with Crippen molar-refractivity contribution in [1.29, 1.82) is 0 Å². The molecule has 0 saturated heterocycles. The lowest BCUT2D eigenvalue weighted by Crippen LogP contribution is -2.15. The summed E-state index contributed by atoms with van der Waals surface area (Å²) in [6.45, 7) is 5.39. The molecule has 3 rings (SSSR count). The van der Waals surface area contributed by atoms with E-state index in [0.717, 1.165) is 23.3 Å². The van der Waals surface area contributed by atoms with E-state index >= 15 is 0 Å². The van der Waals surface area contributed by atoms with Gasteiger partial charge in [-0.3, -0.25) is 4.57 Å². The van der Waals surface area contributed by atoms with Gasteiger partial charge in [0.05, 0.1) is 25.8 Å². The van der Waals surface area contributed by atoms with Gasteiger partial charge in [0.2, 0.25) is 0 Å². The summed E-state index contributed by atoms with van der Waals surface area (Å²) in [5, 5.41) is 0. The fourth-order valence-corrected chi connectivity index (χ4v) is 2.68. The van der Waals surface area contributed by atoms with E-state index in [-0.39, 0.29) is 5.76 Å². The zero-order chi connectivity index (χ0) is 17.8. The minimum atomic E-state index is -0.363. The van der Waals surface area contributed by atoms with Crippen LogP contribution in [-0.2, 0) is 6.54 Å². The van der Waals surface area contributed by atoms with Crippen LogP contribution in [0.4, 0.5) is 0 Å². The van der Waals surface area contributed by atoms with E-state index in [4.69, 9.17) is 13.9 Å². The Morgan fingerprint density at radius 2 is 1.92 bits per heavy atom. The summed E-state index contributed by atoms with van der Waals surface area (Å²) in [6, 6.07) is 13.1. The Balaban J connectivity index is 1.83. The number of benzene rings is 2. The number of nitrogens with zero attached hydrogens (tertiary/aromatic N) is 1. The van der Waals surface area contributed by atoms with Crippen molar-refractivity contribution in [1.82, 2.24) is 4.57 Å². The van der Waals surface area contributed by atoms with Gasteiger partial charge in [0.25, 0.3) is 0 Å². The number of fused-ring (bicyclic) bond motifs is 1. The SMILES string of the molecule is COc1cc(Cn2c(=O)oc3ccccc32)ccc1OCCC(C)C. The van der Waals surface area contributed by atoms with Gasteiger partial charge in [-0.2, -0.15) is 0 Å². The molecule has 132 valence electrons. The summed E-state index contributed by atoms with van der Waals surface area (Å²) in [5.41, 5.74) is 2.32. The first-order valence-corrected chi connectivity index (χ1v) is 8.46. The molecule has 0 spiro atoms. The third-order valence-electron chi connectivity index (χ3n) is 4.10. The second-order valence-electron chi connectivity index (χ2n) is 6.44. The molecule has 0 bridgehead atoms. The molecule has 0 fully saturated rings. The monoisotopic (exact) mass is 341 g/mol. The number of hydrogen-bond acceptors (Lipinski definition) is 4. The molecule has 0 amide bonds. The van der Waals surface area contributed by atoms with E-state index in [1.807, 2.05) is 36.4 Å². The van der Waals surface area contributed by atoms with Crippen LogP contribution in [0.3, 0.4) is 0 Å². The average molecular weight is 341 g/mol. The molecule has 25 heavy (non-hydrogen) atoms. The molecular weight excluding hydrogens is 318 g/mol. The van der Waals surface area contributed by atoms with Crippen molar-refractivity contribution in [2.75, 3.05) is 13.7 Å². The van der Waals surface area contributed by atoms with Crippen LogP contribution in [-0.4, -0.2) is 18.3 Å². The van der Waals surface area contributed by atoms with E-state index in [1.165, 1.54) is 0 Å². The van der Waals surface area contributed by atoms with Crippen molar-refractivity contribution in [3.63, 3.8) is 0 Å². The molecule has 3 aromatic rings. The van der Waals surface area contributed by atoms with E-state index in [2.05, 4.69) is 13.8 Å². The van der Waals surface area contributed by atoms with Crippen LogP contribution in [0.1, 0.15) is 25.8 Å². The standard InChI is InChI=1S/C20H23NO4/c1-14(2)10-11-24-18-9-8-15(12-19(18)23-3)13-21-16-6-4-5-7-17(16)25-20(21)22/h4-9,12,14H,10-11,13H2,1-3H3. The van der Waals surface area contributed by atoms with Crippen LogP contribution >= 0.6 is 0 Å². The Morgan fingerprint density at radius 3 is 2.68 bits per heavy atom. The normalized spacial score (nSPS) is 11.2. The van der Waals surface area contributed by atoms with Gasteiger partial charge in [0.15, 0.2) is 17.1 Å². The van der Waals surface area contributed by atoms with Crippen LogP contribution in [0.25, 0.3) is 11.1 Å². The minimum Gasteiger partial charge on any atom is -0.493 e. The molecule has 1 heterocycles. The Labute approximate surface area is 146 Å². The first kappa shape index (κ1) is 17.1. The number of ether oxygens (including phenoxy) is 2. The van der Waals surface area contributed by atoms with Gasteiger partial charge in [0, 0.05) is 0 Å². The largest absolute Gasteiger partial charge is 0.493 e. The third-order valence-corrected chi connectivity index (χ3v) is 4.10. The minimum absolute atomic E-state index is 0.363. The van der Waals surface area contributed by atoms with Gasteiger partial charge in [0.1, 0.15) is 0 Å². The van der Waals surface area contributed by atoms with Crippen molar-refractivity contribution in [3.05, 3.63) is 58.6 Å². The predicted octanol–water partition coefficient (Wildman–Crippen LogP) is 4.08. The molecule has 0 aliphatic rings. The number of aromatic nitrogens is 1. The maximum Gasteiger partial charge on any atom is 0.420 e. The molecule has 0 atom stereocenters. The van der Waals surface area contributed by atoms with Gasteiger partial charge >= 0.3 is 5.76 Å². The summed E-state index contributed by atoms with van der Waals surface area (Å²) in [6.07, 6.45) is 0.987. The van der Waals surface area contributed by atoms with E-state index in [9.17, 15) is 4.79 Å². The molecule has 5 heteroatoms. The van der Waals surface area contributed by atoms with E-state index < -0.39 is 0 Å². The van der Waals surface area contributed by atoms with Crippen LogP contribution < -0.4 is 15.2 Å². The molecule has 5 nitrogen and oxygen atoms in total. The van der Waals surface area contributed by atoms with Gasteiger partial charge in [-0.15, -0.1) is 0 Å². The maximum atomic E-state index is 12.1. The summed E-state index contributed by atoms with van der Waals surface area (Å²) in [5.74, 6) is 1.61. The highest BCUT2D eigenvalue weighted by Gasteiger charge is 2.11. The van der Waals surface area contributed by atoms with Crippen LogP contribution in [0.2, 0.25) is 0 Å². The molecule has 0 saturated carbocycles. The first-order valence-electron chi connectivity index (χ1n) is 8.46. The quantitative estimate of drug-likeness (QED) is 0.650. The summed E-state index contributed by atoms with van der Waals surface area (Å²) < 4.78 is 18.1. The maximum absolute atomic E-state index is 12.1. The molecule has 0 aliphatic heterocycles. The smallest absolute Gasteiger partial charge is 0.420 e. The molecular formula is C20H23NO4. The van der Waals surface area contributed by atoms with Crippen molar-refractivity contribution in [2.24, 2.45) is 5.92 Å². The summed E-state index contributed by atoms with van der Waals surface area (Å²) in [4.78, 5) is 12.1. The number of methoxy groups -OCH3 is 1. The van der Waals surface area contributed by atoms with Crippen LogP contribution in [0, 0.1) is 5.92 Å². The highest BCUT2D eigenvalue weighted by atomic mass is 16.5. The van der Waals surface area contributed by atoms with Crippen molar-refractivity contribution in [2.45, 2.75) is 26.8 Å². The molecule has 0 radical (unpaired) electrons. The van der Waals surface area contributed by atoms with Gasteiger partial charge < -0.3 is 13.9 Å². The lowest BCUT2D eigenvalue weighted by molar-refractivity contribution is 0.273. The Bertz CT molecular complexity index is 907. The topological polar surface area (TPSA) is 53.6 Å². The lowest BCUT2D eigenvalue weighted by Gasteiger charge is -2.13. The molecule has 0 N–H and O–H groups in total. The molecule has 0 aliphatic carbocycles. The van der Waals surface area contributed by atoms with Crippen molar-refractivity contribution < 1.29 is 13.9 Å². The van der Waals surface area contributed by atoms with Crippen molar-refractivity contribution >= 4 is 11.1 Å². The Hall–Kier alpha value is -2.69. The van der Waals surface area contributed by atoms with Crippen LogP contribution in [0.5, 0.6) is 11.5 Å². The number of rotatable bonds is 7. The van der Waals surface area contributed by atoms with Gasteiger partial charge in [-0.05, 0) is 42.2 Å². The fraction of sp³-hybridized carbons (Fsp3) is 0.350. The zero-order valence-corrected chi connectivity index (χ0v) is 14.8. The zero-order valence-electron chi connectivity index (χ0n) is 14.8. The van der Waals surface area contributed by atoms with E-state index in [1.54, 1.807) is 17.7 Å². The molecule has 1 aromatic heterocycles. The molecule has 2 aromatic carbocycles. The first-order chi connectivity index (χ1) is 12.1.